The van der Waals surface area contributed by atoms with Crippen molar-refractivity contribution >= 4 is 11.6 Å². The van der Waals surface area contributed by atoms with Crippen molar-refractivity contribution in [1.29, 1.82) is 0 Å². The van der Waals surface area contributed by atoms with E-state index in [9.17, 15) is 4.79 Å². The summed E-state index contributed by atoms with van der Waals surface area (Å²) in [5.41, 5.74) is 4.08. The fourth-order valence-corrected chi connectivity index (χ4v) is 4.23. The lowest BCUT2D eigenvalue weighted by Gasteiger charge is -2.36. The van der Waals surface area contributed by atoms with E-state index >= 15 is 0 Å². The van der Waals surface area contributed by atoms with Crippen LogP contribution in [-0.4, -0.2) is 44.1 Å². The summed E-state index contributed by atoms with van der Waals surface area (Å²) in [4.78, 5) is 17.5. The number of carbonyl (C=O) groups is 1. The molecule has 1 heterocycles. The lowest BCUT2D eigenvalue weighted by atomic mass is 9.87. The third-order valence-electron chi connectivity index (χ3n) is 6.33. The minimum Gasteiger partial charge on any atom is -0.496 e. The zero-order chi connectivity index (χ0) is 24.1. The molecule has 1 fully saturated rings. The SMILES string of the molecule is COc1ccc(C(=O)N2CCN(c3ccccc3)CC2)cc1COc1ccc(C(C)(C)C)cc1. The summed E-state index contributed by atoms with van der Waals surface area (Å²) in [5.74, 6) is 1.56. The minimum atomic E-state index is 0.0474. The third-order valence-corrected chi connectivity index (χ3v) is 6.33. The Morgan fingerprint density at radius 1 is 0.882 bits per heavy atom. The molecule has 1 saturated heterocycles. The number of hydrogen-bond acceptors (Lipinski definition) is 4. The summed E-state index contributed by atoms with van der Waals surface area (Å²) >= 11 is 0. The number of carbonyl (C=O) groups excluding carboxylic acids is 1. The van der Waals surface area contributed by atoms with Crippen LogP contribution in [0.2, 0.25) is 0 Å². The highest BCUT2D eigenvalue weighted by Gasteiger charge is 2.23. The van der Waals surface area contributed by atoms with Crippen LogP contribution in [0.1, 0.15) is 42.3 Å². The normalized spacial score (nSPS) is 14.1. The molecule has 0 unspecified atom stereocenters. The van der Waals surface area contributed by atoms with E-state index < -0.39 is 0 Å². The highest BCUT2D eigenvalue weighted by atomic mass is 16.5. The standard InChI is InChI=1S/C29H34N2O3/c1-29(2,3)24-11-13-26(14-12-24)34-21-23-20-22(10-15-27(23)33-4)28(32)31-18-16-30(17-19-31)25-8-6-5-7-9-25/h5-15,20H,16-19,21H2,1-4H3. The van der Waals surface area contributed by atoms with Crippen molar-refractivity contribution in [1.82, 2.24) is 4.90 Å². The van der Waals surface area contributed by atoms with E-state index in [2.05, 4.69) is 49.9 Å². The highest BCUT2D eigenvalue weighted by molar-refractivity contribution is 5.94. The van der Waals surface area contributed by atoms with E-state index in [0.29, 0.717) is 25.3 Å². The average Bonchev–Trinajstić information content (AvgIpc) is 2.87. The van der Waals surface area contributed by atoms with Gasteiger partial charge in [0.25, 0.3) is 5.91 Å². The van der Waals surface area contributed by atoms with Gasteiger partial charge in [-0.15, -0.1) is 0 Å². The third kappa shape index (κ3) is 5.53. The zero-order valence-corrected chi connectivity index (χ0v) is 20.6. The monoisotopic (exact) mass is 458 g/mol. The number of methoxy groups -OCH3 is 1. The fraction of sp³-hybridized carbons (Fsp3) is 0.345. The van der Waals surface area contributed by atoms with Crippen molar-refractivity contribution in [2.24, 2.45) is 0 Å². The van der Waals surface area contributed by atoms with Crippen LogP contribution in [0.4, 0.5) is 5.69 Å². The van der Waals surface area contributed by atoms with Crippen LogP contribution in [-0.2, 0) is 12.0 Å². The van der Waals surface area contributed by atoms with Gasteiger partial charge in [-0.25, -0.2) is 0 Å². The highest BCUT2D eigenvalue weighted by Crippen LogP contribution is 2.27. The molecule has 1 amide bonds. The molecule has 1 aliphatic heterocycles. The fourth-order valence-electron chi connectivity index (χ4n) is 4.23. The van der Waals surface area contributed by atoms with Crippen LogP contribution in [0, 0.1) is 0 Å². The Labute approximate surface area is 202 Å². The Morgan fingerprint density at radius 2 is 1.56 bits per heavy atom. The molecular formula is C29H34N2O3. The van der Waals surface area contributed by atoms with Gasteiger partial charge in [0.15, 0.2) is 0 Å². The molecule has 0 spiro atoms. The number of anilines is 1. The Kier molecular flexibility index (Phi) is 7.11. The molecule has 1 aliphatic rings. The van der Waals surface area contributed by atoms with Crippen molar-refractivity contribution in [3.63, 3.8) is 0 Å². The van der Waals surface area contributed by atoms with Crippen LogP contribution >= 0.6 is 0 Å². The summed E-state index contributed by atoms with van der Waals surface area (Å²) in [6, 6.07) is 24.1. The van der Waals surface area contributed by atoms with Crippen molar-refractivity contribution in [3.05, 3.63) is 89.5 Å². The molecule has 0 bridgehead atoms. The molecule has 5 heteroatoms. The second kappa shape index (κ2) is 10.2. The number of amides is 1. The van der Waals surface area contributed by atoms with E-state index in [4.69, 9.17) is 9.47 Å². The lowest BCUT2D eigenvalue weighted by Crippen LogP contribution is -2.48. The molecule has 3 aromatic rings. The van der Waals surface area contributed by atoms with Crippen molar-refractivity contribution in [3.8, 4) is 11.5 Å². The summed E-state index contributed by atoms with van der Waals surface area (Å²) in [6.07, 6.45) is 0. The molecule has 4 rings (SSSR count). The molecular weight excluding hydrogens is 424 g/mol. The van der Waals surface area contributed by atoms with E-state index in [1.165, 1.54) is 11.3 Å². The average molecular weight is 459 g/mol. The maximum absolute atomic E-state index is 13.2. The number of benzene rings is 3. The molecule has 0 radical (unpaired) electrons. The molecule has 0 aromatic heterocycles. The largest absolute Gasteiger partial charge is 0.496 e. The first-order chi connectivity index (χ1) is 16.3. The second-order valence-electron chi connectivity index (χ2n) is 9.70. The van der Waals surface area contributed by atoms with Gasteiger partial charge in [0.1, 0.15) is 18.1 Å². The van der Waals surface area contributed by atoms with Gasteiger partial charge in [-0.3, -0.25) is 4.79 Å². The van der Waals surface area contributed by atoms with Crippen LogP contribution in [0.25, 0.3) is 0 Å². The number of rotatable bonds is 6. The van der Waals surface area contributed by atoms with Gasteiger partial charge in [-0.2, -0.15) is 0 Å². The predicted octanol–water partition coefficient (Wildman–Crippen LogP) is 5.53. The molecule has 5 nitrogen and oxygen atoms in total. The first kappa shape index (κ1) is 23.7. The van der Waals surface area contributed by atoms with Crippen LogP contribution < -0.4 is 14.4 Å². The molecule has 178 valence electrons. The number of hydrogen-bond donors (Lipinski definition) is 0. The first-order valence-corrected chi connectivity index (χ1v) is 11.8. The quantitative estimate of drug-likeness (QED) is 0.487. The van der Waals surface area contributed by atoms with E-state index in [1.807, 2.05) is 53.4 Å². The first-order valence-electron chi connectivity index (χ1n) is 11.8. The predicted molar refractivity (Wildman–Crippen MR) is 137 cm³/mol. The molecule has 0 N–H and O–H groups in total. The smallest absolute Gasteiger partial charge is 0.253 e. The maximum Gasteiger partial charge on any atom is 0.253 e. The Bertz CT molecular complexity index is 1100. The molecule has 0 saturated carbocycles. The molecule has 0 aliphatic carbocycles. The summed E-state index contributed by atoms with van der Waals surface area (Å²) in [6.45, 7) is 9.96. The molecule has 3 aromatic carbocycles. The number of ether oxygens (including phenoxy) is 2. The second-order valence-corrected chi connectivity index (χ2v) is 9.70. The Hall–Kier alpha value is -3.47. The molecule has 34 heavy (non-hydrogen) atoms. The summed E-state index contributed by atoms with van der Waals surface area (Å²) in [5, 5.41) is 0. The minimum absolute atomic E-state index is 0.0474. The Morgan fingerprint density at radius 3 is 2.18 bits per heavy atom. The van der Waals surface area contributed by atoms with Gasteiger partial charge >= 0.3 is 0 Å². The van der Waals surface area contributed by atoms with Gasteiger partial charge in [0.05, 0.1) is 7.11 Å². The van der Waals surface area contributed by atoms with Crippen molar-refractivity contribution in [2.45, 2.75) is 32.8 Å². The number of nitrogens with zero attached hydrogens (tertiary/aromatic N) is 2. The maximum atomic E-state index is 13.2. The van der Waals surface area contributed by atoms with Crippen LogP contribution in [0.15, 0.2) is 72.8 Å². The van der Waals surface area contributed by atoms with E-state index in [0.717, 1.165) is 30.2 Å². The van der Waals surface area contributed by atoms with Crippen LogP contribution in [0.3, 0.4) is 0 Å². The van der Waals surface area contributed by atoms with Gasteiger partial charge in [-0.1, -0.05) is 51.1 Å². The number of para-hydroxylation sites is 1. The van der Waals surface area contributed by atoms with Gasteiger partial charge in [0, 0.05) is 43.0 Å². The Balaban J connectivity index is 1.41. The van der Waals surface area contributed by atoms with E-state index in [-0.39, 0.29) is 11.3 Å². The zero-order valence-electron chi connectivity index (χ0n) is 20.6. The van der Waals surface area contributed by atoms with E-state index in [1.54, 1.807) is 7.11 Å². The topological polar surface area (TPSA) is 42.0 Å². The van der Waals surface area contributed by atoms with Gasteiger partial charge < -0.3 is 19.3 Å². The molecule has 0 atom stereocenters. The van der Waals surface area contributed by atoms with Crippen molar-refractivity contribution in [2.75, 3.05) is 38.2 Å². The lowest BCUT2D eigenvalue weighted by molar-refractivity contribution is 0.0746. The number of piperazine rings is 1. The summed E-state index contributed by atoms with van der Waals surface area (Å²) in [7, 11) is 1.64. The summed E-state index contributed by atoms with van der Waals surface area (Å²) < 4.78 is 11.6. The van der Waals surface area contributed by atoms with Crippen LogP contribution in [0.5, 0.6) is 11.5 Å². The van der Waals surface area contributed by atoms with Crippen molar-refractivity contribution < 1.29 is 14.3 Å². The van der Waals surface area contributed by atoms with Gasteiger partial charge in [-0.05, 0) is 53.4 Å². The van der Waals surface area contributed by atoms with Gasteiger partial charge in [0.2, 0.25) is 0 Å².